The fraction of sp³-hybridized carbons (Fsp3) is 0.333. The molecule has 0 saturated heterocycles. The maximum atomic E-state index is 10.6. The molecule has 5 heteroatoms. The molecule has 0 bridgehead atoms. The summed E-state index contributed by atoms with van der Waals surface area (Å²) in [4.78, 5) is 0. The van der Waals surface area contributed by atoms with Crippen LogP contribution in [0.4, 0.5) is 5.69 Å². The standard InChI is InChI=1S/C9H13NO3S/c1-2-5-8-6-3-4-7-9(8)10-14(11,12)13/h3-4,6-7,10H,2,5H2,1H3,(H,11,12,13). The third-order valence-corrected chi connectivity index (χ3v) is 2.25. The lowest BCUT2D eigenvalue weighted by Crippen LogP contribution is -2.11. The lowest BCUT2D eigenvalue weighted by Gasteiger charge is -2.08. The Balaban J connectivity index is 2.95. The Labute approximate surface area is 83.8 Å². The first-order valence-corrected chi connectivity index (χ1v) is 5.80. The summed E-state index contributed by atoms with van der Waals surface area (Å²) < 4.78 is 31.9. The zero-order chi connectivity index (χ0) is 10.6. The summed E-state index contributed by atoms with van der Waals surface area (Å²) in [5.74, 6) is 0. The zero-order valence-corrected chi connectivity index (χ0v) is 8.71. The van der Waals surface area contributed by atoms with Crippen LogP contribution in [0.25, 0.3) is 0 Å². The van der Waals surface area contributed by atoms with Crippen molar-refractivity contribution in [1.29, 1.82) is 0 Å². The molecule has 2 N–H and O–H groups in total. The lowest BCUT2D eigenvalue weighted by atomic mass is 10.1. The Morgan fingerprint density at radius 1 is 1.36 bits per heavy atom. The molecule has 0 atom stereocenters. The number of nitrogens with one attached hydrogen (secondary N) is 1. The van der Waals surface area contributed by atoms with E-state index in [1.807, 2.05) is 19.1 Å². The quantitative estimate of drug-likeness (QED) is 0.753. The van der Waals surface area contributed by atoms with Gasteiger partial charge in [-0.1, -0.05) is 31.5 Å². The highest BCUT2D eigenvalue weighted by atomic mass is 32.2. The molecule has 0 aliphatic heterocycles. The topological polar surface area (TPSA) is 66.4 Å². The van der Waals surface area contributed by atoms with Gasteiger partial charge in [0, 0.05) is 0 Å². The van der Waals surface area contributed by atoms with Gasteiger partial charge in [-0.05, 0) is 18.1 Å². The van der Waals surface area contributed by atoms with E-state index in [4.69, 9.17) is 4.55 Å². The number of para-hydroxylation sites is 1. The normalized spacial score (nSPS) is 11.3. The van der Waals surface area contributed by atoms with Crippen LogP contribution in [-0.2, 0) is 16.7 Å². The second kappa shape index (κ2) is 4.43. The van der Waals surface area contributed by atoms with Crippen LogP contribution < -0.4 is 4.72 Å². The van der Waals surface area contributed by atoms with Crippen LogP contribution in [0.3, 0.4) is 0 Å². The first-order chi connectivity index (χ1) is 6.53. The summed E-state index contributed by atoms with van der Waals surface area (Å²) in [6, 6.07) is 7.00. The van der Waals surface area contributed by atoms with E-state index in [1.54, 1.807) is 12.1 Å². The van der Waals surface area contributed by atoms with E-state index in [-0.39, 0.29) is 0 Å². The van der Waals surface area contributed by atoms with Gasteiger partial charge in [0.15, 0.2) is 0 Å². The van der Waals surface area contributed by atoms with Crippen molar-refractivity contribution in [1.82, 2.24) is 0 Å². The fourth-order valence-electron chi connectivity index (χ4n) is 1.25. The minimum Gasteiger partial charge on any atom is -0.269 e. The molecule has 0 aromatic heterocycles. The molecule has 4 nitrogen and oxygen atoms in total. The van der Waals surface area contributed by atoms with Gasteiger partial charge >= 0.3 is 10.3 Å². The number of hydrogen-bond donors (Lipinski definition) is 2. The van der Waals surface area contributed by atoms with Gasteiger partial charge in [-0.3, -0.25) is 9.27 Å². The summed E-state index contributed by atoms with van der Waals surface area (Å²) in [6.45, 7) is 2.00. The van der Waals surface area contributed by atoms with Gasteiger partial charge in [0.2, 0.25) is 0 Å². The van der Waals surface area contributed by atoms with Gasteiger partial charge in [0.1, 0.15) is 0 Å². The first-order valence-electron chi connectivity index (χ1n) is 4.36. The van der Waals surface area contributed by atoms with Crippen LogP contribution in [0, 0.1) is 0 Å². The summed E-state index contributed by atoms with van der Waals surface area (Å²) in [5, 5.41) is 0. The zero-order valence-electron chi connectivity index (χ0n) is 7.90. The van der Waals surface area contributed by atoms with E-state index in [1.165, 1.54) is 0 Å². The molecule has 14 heavy (non-hydrogen) atoms. The Morgan fingerprint density at radius 2 is 2.00 bits per heavy atom. The molecule has 0 radical (unpaired) electrons. The van der Waals surface area contributed by atoms with Crippen LogP contribution >= 0.6 is 0 Å². The Morgan fingerprint density at radius 3 is 2.57 bits per heavy atom. The van der Waals surface area contributed by atoms with Gasteiger partial charge in [0.05, 0.1) is 5.69 Å². The monoisotopic (exact) mass is 215 g/mol. The molecule has 0 heterocycles. The van der Waals surface area contributed by atoms with E-state index < -0.39 is 10.3 Å². The van der Waals surface area contributed by atoms with E-state index >= 15 is 0 Å². The third kappa shape index (κ3) is 3.35. The van der Waals surface area contributed by atoms with Gasteiger partial charge in [-0.2, -0.15) is 8.42 Å². The summed E-state index contributed by atoms with van der Waals surface area (Å²) in [5.41, 5.74) is 1.32. The van der Waals surface area contributed by atoms with Crippen LogP contribution in [0.5, 0.6) is 0 Å². The van der Waals surface area contributed by atoms with Crippen molar-refractivity contribution < 1.29 is 13.0 Å². The summed E-state index contributed by atoms with van der Waals surface area (Å²) >= 11 is 0. The second-order valence-corrected chi connectivity index (χ2v) is 4.14. The SMILES string of the molecule is CCCc1ccccc1NS(=O)(=O)O. The lowest BCUT2D eigenvalue weighted by molar-refractivity contribution is 0.489. The number of benzene rings is 1. The largest absolute Gasteiger partial charge is 0.357 e. The fourth-order valence-corrected chi connectivity index (χ4v) is 1.72. The predicted octanol–water partition coefficient (Wildman–Crippen LogP) is 1.85. The van der Waals surface area contributed by atoms with Gasteiger partial charge < -0.3 is 0 Å². The van der Waals surface area contributed by atoms with Crippen molar-refractivity contribution >= 4 is 16.0 Å². The molecule has 0 unspecified atom stereocenters. The van der Waals surface area contributed by atoms with Crippen LogP contribution in [0.1, 0.15) is 18.9 Å². The first kappa shape index (κ1) is 11.0. The second-order valence-electron chi connectivity index (χ2n) is 2.98. The Hall–Kier alpha value is -1.07. The van der Waals surface area contributed by atoms with Gasteiger partial charge in [-0.15, -0.1) is 0 Å². The summed E-state index contributed by atoms with van der Waals surface area (Å²) in [7, 11) is -4.17. The van der Waals surface area contributed by atoms with E-state index in [2.05, 4.69) is 4.72 Å². The molecule has 0 saturated carbocycles. The molecule has 0 aliphatic carbocycles. The Bertz CT molecular complexity index is 400. The molecular weight excluding hydrogens is 202 g/mol. The molecular formula is C9H13NO3S. The minimum absolute atomic E-state index is 0.442. The highest BCUT2D eigenvalue weighted by Crippen LogP contribution is 2.17. The maximum absolute atomic E-state index is 10.6. The minimum atomic E-state index is -4.17. The molecule has 78 valence electrons. The smallest absolute Gasteiger partial charge is 0.269 e. The molecule has 1 rings (SSSR count). The third-order valence-electron chi connectivity index (χ3n) is 1.78. The average molecular weight is 215 g/mol. The number of anilines is 1. The van der Waals surface area contributed by atoms with E-state index in [9.17, 15) is 8.42 Å². The highest BCUT2D eigenvalue weighted by Gasteiger charge is 2.07. The van der Waals surface area contributed by atoms with Crippen molar-refractivity contribution in [2.45, 2.75) is 19.8 Å². The number of rotatable bonds is 4. The van der Waals surface area contributed by atoms with Crippen LogP contribution in [-0.4, -0.2) is 13.0 Å². The van der Waals surface area contributed by atoms with Crippen molar-refractivity contribution in [3.63, 3.8) is 0 Å². The molecule has 0 spiro atoms. The summed E-state index contributed by atoms with van der Waals surface area (Å²) in [6.07, 6.45) is 1.70. The molecule has 1 aromatic carbocycles. The Kier molecular flexibility index (Phi) is 3.49. The van der Waals surface area contributed by atoms with Crippen molar-refractivity contribution in [2.24, 2.45) is 0 Å². The van der Waals surface area contributed by atoms with Crippen molar-refractivity contribution in [2.75, 3.05) is 4.72 Å². The number of hydrogen-bond acceptors (Lipinski definition) is 2. The van der Waals surface area contributed by atoms with E-state index in [0.717, 1.165) is 18.4 Å². The molecule has 0 fully saturated rings. The molecule has 1 aromatic rings. The maximum Gasteiger partial charge on any atom is 0.357 e. The average Bonchev–Trinajstić information content (AvgIpc) is 2.06. The van der Waals surface area contributed by atoms with Crippen LogP contribution in [0.15, 0.2) is 24.3 Å². The highest BCUT2D eigenvalue weighted by molar-refractivity contribution is 7.87. The predicted molar refractivity (Wildman–Crippen MR) is 55.6 cm³/mol. The van der Waals surface area contributed by atoms with Crippen molar-refractivity contribution in [3.8, 4) is 0 Å². The molecule has 0 amide bonds. The van der Waals surface area contributed by atoms with E-state index in [0.29, 0.717) is 5.69 Å². The van der Waals surface area contributed by atoms with Crippen LogP contribution in [0.2, 0.25) is 0 Å². The van der Waals surface area contributed by atoms with Gasteiger partial charge in [-0.25, -0.2) is 0 Å². The number of aryl methyl sites for hydroxylation is 1. The van der Waals surface area contributed by atoms with Crippen molar-refractivity contribution in [3.05, 3.63) is 29.8 Å². The van der Waals surface area contributed by atoms with Gasteiger partial charge in [0.25, 0.3) is 0 Å². The molecule has 0 aliphatic rings.